The van der Waals surface area contributed by atoms with E-state index in [0.717, 1.165) is 22.6 Å². The van der Waals surface area contributed by atoms with Gasteiger partial charge in [0.2, 0.25) is 5.91 Å². The molecule has 166 valence electrons. The van der Waals surface area contributed by atoms with Crippen LogP contribution in [0, 0.1) is 0 Å². The predicted octanol–water partition coefficient (Wildman–Crippen LogP) is 5.65. The number of carbonyl (C=O) groups excluding carboxylic acids is 2. The van der Waals surface area contributed by atoms with Crippen LogP contribution < -0.4 is 14.8 Å². The minimum absolute atomic E-state index is 0.238. The lowest BCUT2D eigenvalue weighted by Crippen LogP contribution is -2.12. The number of hydrogen-bond acceptors (Lipinski definition) is 6. The molecule has 0 radical (unpaired) electrons. The molecule has 0 atom stereocenters. The molecule has 3 aromatic rings. The van der Waals surface area contributed by atoms with E-state index in [0.29, 0.717) is 22.7 Å². The molecule has 2 aromatic carbocycles. The van der Waals surface area contributed by atoms with Gasteiger partial charge >= 0.3 is 5.97 Å². The van der Waals surface area contributed by atoms with Gasteiger partial charge in [-0.15, -0.1) is 11.3 Å². The molecule has 0 spiro atoms. The Morgan fingerprint density at radius 3 is 2.28 bits per heavy atom. The van der Waals surface area contributed by atoms with E-state index in [1.165, 1.54) is 17.4 Å². The summed E-state index contributed by atoms with van der Waals surface area (Å²) in [4.78, 5) is 25.2. The highest BCUT2D eigenvalue weighted by Gasteiger charge is 2.22. The maximum Gasteiger partial charge on any atom is 0.341 e. The fourth-order valence-electron chi connectivity index (χ4n) is 3.01. The summed E-state index contributed by atoms with van der Waals surface area (Å²) in [6, 6.07) is 14.8. The number of carbonyl (C=O) groups is 2. The molecule has 0 unspecified atom stereocenters. The molecule has 3 rings (SSSR count). The molecule has 0 aliphatic rings. The van der Waals surface area contributed by atoms with Crippen LogP contribution in [0.3, 0.4) is 0 Å². The van der Waals surface area contributed by atoms with Crippen LogP contribution in [0.2, 0.25) is 0 Å². The first-order valence-corrected chi connectivity index (χ1v) is 11.1. The fraction of sp³-hybridized carbons (Fsp3) is 0.200. The van der Waals surface area contributed by atoms with Crippen molar-refractivity contribution in [3.8, 4) is 22.6 Å². The molecule has 0 saturated heterocycles. The van der Waals surface area contributed by atoms with Crippen LogP contribution in [-0.2, 0) is 9.53 Å². The van der Waals surface area contributed by atoms with Gasteiger partial charge in [0.15, 0.2) is 0 Å². The number of anilines is 1. The van der Waals surface area contributed by atoms with E-state index in [-0.39, 0.29) is 12.5 Å². The zero-order chi connectivity index (χ0) is 22.9. The Hall–Kier alpha value is -3.58. The monoisotopic (exact) mass is 451 g/mol. The number of esters is 1. The molecule has 0 bridgehead atoms. The van der Waals surface area contributed by atoms with E-state index in [2.05, 4.69) is 5.32 Å². The summed E-state index contributed by atoms with van der Waals surface area (Å²) in [5.74, 6) is 0.672. The quantitative estimate of drug-likeness (QED) is 0.336. The zero-order valence-corrected chi connectivity index (χ0v) is 19.0. The van der Waals surface area contributed by atoms with Gasteiger partial charge in [0.05, 0.1) is 20.3 Å². The molecule has 1 N–H and O–H groups in total. The molecule has 1 aromatic heterocycles. The molecular formula is C25H25NO5S. The third kappa shape index (κ3) is 5.76. The van der Waals surface area contributed by atoms with Gasteiger partial charge in [0.1, 0.15) is 22.1 Å². The first kappa shape index (κ1) is 23.1. The second-order valence-corrected chi connectivity index (χ2v) is 7.51. The molecule has 1 amide bonds. The highest BCUT2D eigenvalue weighted by atomic mass is 32.1. The smallest absolute Gasteiger partial charge is 0.341 e. The fourth-order valence-corrected chi connectivity index (χ4v) is 3.97. The van der Waals surface area contributed by atoms with E-state index >= 15 is 0 Å². The number of thiophene rings is 1. The maximum absolute atomic E-state index is 12.7. The number of hydrogen-bond donors (Lipinski definition) is 1. The van der Waals surface area contributed by atoms with Crippen molar-refractivity contribution in [3.05, 3.63) is 71.1 Å². The van der Waals surface area contributed by atoms with Crippen molar-refractivity contribution in [2.75, 3.05) is 25.6 Å². The van der Waals surface area contributed by atoms with Crippen LogP contribution in [0.1, 0.15) is 29.8 Å². The SMILES string of the molecule is CCOC(=O)c1c(-c2ccc(OCC)cc2)csc1NC(=O)C=Cc1ccc(OC)cc1. The normalized spacial score (nSPS) is 10.7. The molecule has 0 aliphatic heterocycles. The summed E-state index contributed by atoms with van der Waals surface area (Å²) in [6.07, 6.45) is 3.12. The van der Waals surface area contributed by atoms with E-state index in [1.807, 2.05) is 60.8 Å². The lowest BCUT2D eigenvalue weighted by atomic mass is 10.0. The Morgan fingerprint density at radius 1 is 0.969 bits per heavy atom. The van der Waals surface area contributed by atoms with Gasteiger partial charge in [-0.25, -0.2) is 4.79 Å². The third-order valence-corrected chi connectivity index (χ3v) is 5.42. The first-order chi connectivity index (χ1) is 15.5. The van der Waals surface area contributed by atoms with E-state index in [9.17, 15) is 9.59 Å². The molecule has 0 fully saturated rings. The Morgan fingerprint density at radius 2 is 1.66 bits per heavy atom. The number of ether oxygens (including phenoxy) is 3. The molecule has 7 heteroatoms. The Bertz CT molecular complexity index is 1080. The summed E-state index contributed by atoms with van der Waals surface area (Å²) in [6.45, 7) is 4.48. The largest absolute Gasteiger partial charge is 0.497 e. The highest BCUT2D eigenvalue weighted by molar-refractivity contribution is 7.15. The lowest BCUT2D eigenvalue weighted by Gasteiger charge is -2.09. The number of methoxy groups -OCH3 is 1. The van der Waals surface area contributed by atoms with Crippen molar-refractivity contribution in [3.63, 3.8) is 0 Å². The maximum atomic E-state index is 12.7. The number of nitrogens with one attached hydrogen (secondary N) is 1. The topological polar surface area (TPSA) is 73.9 Å². The summed E-state index contributed by atoms with van der Waals surface area (Å²) in [5, 5.41) is 5.09. The van der Waals surface area contributed by atoms with Crippen LogP contribution in [0.5, 0.6) is 11.5 Å². The van der Waals surface area contributed by atoms with Crippen molar-refractivity contribution < 1.29 is 23.8 Å². The lowest BCUT2D eigenvalue weighted by molar-refractivity contribution is -0.111. The molecule has 6 nitrogen and oxygen atoms in total. The first-order valence-electron chi connectivity index (χ1n) is 10.2. The van der Waals surface area contributed by atoms with Crippen LogP contribution >= 0.6 is 11.3 Å². The van der Waals surface area contributed by atoms with Gasteiger partial charge in [-0.3, -0.25) is 4.79 Å². The van der Waals surface area contributed by atoms with Gasteiger partial charge in [0.25, 0.3) is 0 Å². The molecule has 0 aliphatic carbocycles. The van der Waals surface area contributed by atoms with Gasteiger partial charge < -0.3 is 19.5 Å². The molecule has 32 heavy (non-hydrogen) atoms. The van der Waals surface area contributed by atoms with E-state index in [4.69, 9.17) is 14.2 Å². The van der Waals surface area contributed by atoms with Crippen LogP contribution in [0.15, 0.2) is 60.0 Å². The van der Waals surface area contributed by atoms with Crippen molar-refractivity contribution in [2.45, 2.75) is 13.8 Å². The second kappa shape index (κ2) is 11.2. The van der Waals surface area contributed by atoms with Crippen molar-refractivity contribution >= 4 is 34.3 Å². The van der Waals surface area contributed by atoms with E-state index in [1.54, 1.807) is 20.1 Å². The Labute approximate surface area is 191 Å². The number of benzene rings is 2. The summed E-state index contributed by atoms with van der Waals surface area (Å²) in [5.41, 5.74) is 2.73. The minimum Gasteiger partial charge on any atom is -0.497 e. The average Bonchev–Trinajstić information content (AvgIpc) is 3.22. The summed E-state index contributed by atoms with van der Waals surface area (Å²) >= 11 is 1.28. The van der Waals surface area contributed by atoms with Gasteiger partial charge in [0, 0.05) is 17.0 Å². The highest BCUT2D eigenvalue weighted by Crippen LogP contribution is 2.37. The van der Waals surface area contributed by atoms with Crippen molar-refractivity contribution in [2.24, 2.45) is 0 Å². The van der Waals surface area contributed by atoms with Crippen molar-refractivity contribution in [1.29, 1.82) is 0 Å². The number of rotatable bonds is 9. The molecular weight excluding hydrogens is 426 g/mol. The van der Waals surface area contributed by atoms with Crippen LogP contribution in [0.25, 0.3) is 17.2 Å². The average molecular weight is 452 g/mol. The van der Waals surface area contributed by atoms with Gasteiger partial charge in [-0.05, 0) is 55.3 Å². The van der Waals surface area contributed by atoms with Crippen LogP contribution in [0.4, 0.5) is 5.00 Å². The predicted molar refractivity (Wildman–Crippen MR) is 128 cm³/mol. The minimum atomic E-state index is -0.480. The Kier molecular flexibility index (Phi) is 8.05. The van der Waals surface area contributed by atoms with E-state index < -0.39 is 5.97 Å². The molecule has 1 heterocycles. The Balaban J connectivity index is 1.82. The number of amides is 1. The standard InChI is InChI=1S/C25H25NO5S/c1-4-30-20-13-9-18(10-14-20)21-16-32-24(23(21)25(28)31-5-2)26-22(27)15-8-17-6-11-19(29-3)12-7-17/h6-16H,4-5H2,1-3H3,(H,26,27). The molecule has 0 saturated carbocycles. The van der Waals surface area contributed by atoms with Gasteiger partial charge in [-0.2, -0.15) is 0 Å². The van der Waals surface area contributed by atoms with Crippen LogP contribution in [-0.4, -0.2) is 32.2 Å². The van der Waals surface area contributed by atoms with Crippen molar-refractivity contribution in [1.82, 2.24) is 0 Å². The second-order valence-electron chi connectivity index (χ2n) is 6.63. The third-order valence-electron chi connectivity index (χ3n) is 4.53. The van der Waals surface area contributed by atoms with Gasteiger partial charge in [-0.1, -0.05) is 24.3 Å². The summed E-state index contributed by atoms with van der Waals surface area (Å²) < 4.78 is 15.9. The summed E-state index contributed by atoms with van der Waals surface area (Å²) in [7, 11) is 1.60. The zero-order valence-electron chi connectivity index (χ0n) is 18.2.